The van der Waals surface area contributed by atoms with Gasteiger partial charge in [0.15, 0.2) is 4.47 Å². The molecule has 0 saturated carbocycles. The summed E-state index contributed by atoms with van der Waals surface area (Å²) in [5.41, 5.74) is -0.691. The van der Waals surface area contributed by atoms with E-state index in [4.69, 9.17) is 11.6 Å². The molecule has 0 fully saturated rings. The van der Waals surface area contributed by atoms with E-state index in [0.717, 1.165) is 22.6 Å². The number of alkyl halides is 3. The number of hydrogen-bond acceptors (Lipinski definition) is 4. The molecule has 0 amide bonds. The lowest BCUT2D eigenvalue weighted by atomic mass is 9.98. The Bertz CT molecular complexity index is 1400. The fourth-order valence-electron chi connectivity index (χ4n) is 4.10. The number of halogens is 4. The molecular weight excluding hydrogens is 451 g/mol. The minimum Gasteiger partial charge on any atom is -0.842 e. The number of rotatable bonds is 2. The number of benzene rings is 1. The van der Waals surface area contributed by atoms with Gasteiger partial charge in [0.25, 0.3) is 5.65 Å². The highest BCUT2D eigenvalue weighted by Crippen LogP contribution is 2.39. The Balaban J connectivity index is 1.84. The van der Waals surface area contributed by atoms with Gasteiger partial charge in [-0.05, 0) is 42.7 Å². The summed E-state index contributed by atoms with van der Waals surface area (Å²) < 4.78 is 42.9. The minimum atomic E-state index is -4.59. The maximum Gasteiger partial charge on any atom is 0.416 e. The number of hydrogen-bond donors (Lipinski definition) is 0. The van der Waals surface area contributed by atoms with E-state index in [1.54, 1.807) is 12.3 Å². The molecule has 4 heterocycles. The first-order valence-electron chi connectivity index (χ1n) is 9.33. The van der Waals surface area contributed by atoms with E-state index >= 15 is 0 Å². The normalized spacial score (nSPS) is 16.1. The fourth-order valence-corrected chi connectivity index (χ4v) is 5.18. The van der Waals surface area contributed by atoms with E-state index in [9.17, 15) is 23.1 Å². The van der Waals surface area contributed by atoms with Gasteiger partial charge in [0.1, 0.15) is 11.6 Å². The second kappa shape index (κ2) is 7.06. The monoisotopic (exact) mass is 463 g/mol. The van der Waals surface area contributed by atoms with Gasteiger partial charge < -0.3 is 5.11 Å². The zero-order valence-corrected chi connectivity index (χ0v) is 17.3. The van der Waals surface area contributed by atoms with Gasteiger partial charge in [0.05, 0.1) is 22.5 Å². The number of aromatic nitrogens is 3. The molecule has 158 valence electrons. The Hall–Kier alpha value is -2.91. The van der Waals surface area contributed by atoms with Crippen molar-refractivity contribution < 1.29 is 22.7 Å². The van der Waals surface area contributed by atoms with E-state index in [1.807, 2.05) is 6.07 Å². The lowest BCUT2D eigenvalue weighted by Crippen LogP contribution is -2.47. The predicted octanol–water partition coefficient (Wildman–Crippen LogP) is 3.99. The number of thiazole rings is 1. The number of nitrogens with zero attached hydrogens (tertiary/aromatic N) is 3. The van der Waals surface area contributed by atoms with Gasteiger partial charge in [0, 0.05) is 11.8 Å². The highest BCUT2D eigenvalue weighted by Gasteiger charge is 2.35. The summed E-state index contributed by atoms with van der Waals surface area (Å²) in [6.45, 7) is 0. The van der Waals surface area contributed by atoms with Crippen LogP contribution in [0.1, 0.15) is 28.5 Å². The fraction of sp³-hybridized carbons (Fsp3) is 0.190. The van der Waals surface area contributed by atoms with E-state index < -0.39 is 29.2 Å². The van der Waals surface area contributed by atoms with E-state index in [2.05, 4.69) is 4.98 Å². The molecule has 4 aromatic rings. The molecule has 5 nitrogen and oxygen atoms in total. The third-order valence-electron chi connectivity index (χ3n) is 5.44. The van der Waals surface area contributed by atoms with Crippen LogP contribution in [-0.2, 0) is 12.6 Å². The van der Waals surface area contributed by atoms with Crippen LogP contribution < -0.4 is 15.1 Å². The predicted molar refractivity (Wildman–Crippen MR) is 107 cm³/mol. The topological polar surface area (TPSA) is 62.0 Å². The molecule has 5 rings (SSSR count). The standard InChI is InChI=1S/C21H13ClF3N3O2S/c22-20-26-10-15(31-20)14-7-6-11-4-2-8-27-17(11)28(14)19(30)16(18(27)29)12-3-1-5-13(9-12)21(23,24)25/h1-5,8-10,14H,6-7H2. The molecule has 0 saturated heterocycles. The summed E-state index contributed by atoms with van der Waals surface area (Å²) in [5.74, 6) is -0.633. The summed E-state index contributed by atoms with van der Waals surface area (Å²) in [4.78, 5) is 18.0. The highest BCUT2D eigenvalue weighted by atomic mass is 35.5. The average molecular weight is 464 g/mol. The SMILES string of the molecule is O=c1c(-c2cccc(C(F)(F)F)c2)c([O-])n2c3c(ccc[n+]13)CCC2c1cnc(Cl)s1. The van der Waals surface area contributed by atoms with Crippen LogP contribution in [0.15, 0.2) is 53.6 Å². The molecule has 10 heteroatoms. The largest absolute Gasteiger partial charge is 0.842 e. The van der Waals surface area contributed by atoms with Crippen LogP contribution in [0.25, 0.3) is 16.8 Å². The Morgan fingerprint density at radius 2 is 2.06 bits per heavy atom. The van der Waals surface area contributed by atoms with Crippen molar-refractivity contribution in [1.82, 2.24) is 9.55 Å². The van der Waals surface area contributed by atoms with Crippen molar-refractivity contribution in [3.05, 3.63) is 79.6 Å². The van der Waals surface area contributed by atoms with Gasteiger partial charge in [0.2, 0.25) is 0 Å². The van der Waals surface area contributed by atoms with E-state index in [1.165, 1.54) is 38.6 Å². The maximum atomic E-state index is 13.6. The maximum absolute atomic E-state index is 13.6. The molecule has 0 aliphatic carbocycles. The summed E-state index contributed by atoms with van der Waals surface area (Å²) in [6, 6.07) is 7.39. The molecule has 0 bridgehead atoms. The quantitative estimate of drug-likeness (QED) is 0.422. The van der Waals surface area contributed by atoms with Gasteiger partial charge in [-0.3, -0.25) is 0 Å². The van der Waals surface area contributed by atoms with Crippen molar-refractivity contribution in [2.45, 2.75) is 25.1 Å². The van der Waals surface area contributed by atoms with Crippen LogP contribution in [0.2, 0.25) is 4.47 Å². The van der Waals surface area contributed by atoms with Gasteiger partial charge >= 0.3 is 11.7 Å². The zero-order chi connectivity index (χ0) is 21.9. The summed E-state index contributed by atoms with van der Waals surface area (Å²) in [5, 5.41) is 13.6. The average Bonchev–Trinajstić information content (AvgIpc) is 3.17. The Morgan fingerprint density at radius 1 is 1.26 bits per heavy atom. The van der Waals surface area contributed by atoms with Crippen molar-refractivity contribution in [3.8, 4) is 17.0 Å². The first kappa shape index (κ1) is 20.0. The van der Waals surface area contributed by atoms with Crippen molar-refractivity contribution in [1.29, 1.82) is 0 Å². The van der Waals surface area contributed by atoms with Gasteiger partial charge in [-0.1, -0.05) is 23.7 Å². The number of aryl methyl sites for hydroxylation is 1. The van der Waals surface area contributed by atoms with Gasteiger partial charge in [-0.15, -0.1) is 11.3 Å². The second-order valence-corrected chi connectivity index (χ2v) is 8.88. The Kier molecular flexibility index (Phi) is 4.56. The molecule has 3 aromatic heterocycles. The van der Waals surface area contributed by atoms with Crippen molar-refractivity contribution in [2.75, 3.05) is 0 Å². The second-order valence-electron chi connectivity index (χ2n) is 7.23. The van der Waals surface area contributed by atoms with Crippen LogP contribution >= 0.6 is 22.9 Å². The molecule has 1 aliphatic rings. The molecule has 31 heavy (non-hydrogen) atoms. The Labute approximate surface area is 182 Å². The minimum absolute atomic E-state index is 0.0694. The molecule has 0 radical (unpaired) electrons. The van der Waals surface area contributed by atoms with E-state index in [-0.39, 0.29) is 11.1 Å². The summed E-state index contributed by atoms with van der Waals surface area (Å²) in [6.07, 6.45) is -0.278. The lowest BCUT2D eigenvalue weighted by Gasteiger charge is -2.27. The summed E-state index contributed by atoms with van der Waals surface area (Å²) >= 11 is 7.23. The van der Waals surface area contributed by atoms with Crippen molar-refractivity contribution in [3.63, 3.8) is 0 Å². The first-order valence-corrected chi connectivity index (χ1v) is 10.5. The highest BCUT2D eigenvalue weighted by molar-refractivity contribution is 7.15. The number of pyridine rings is 1. The molecule has 1 unspecified atom stereocenters. The van der Waals surface area contributed by atoms with Crippen LogP contribution in [0.3, 0.4) is 0 Å². The first-order chi connectivity index (χ1) is 14.8. The van der Waals surface area contributed by atoms with Crippen LogP contribution in [0.5, 0.6) is 5.88 Å². The molecule has 1 aliphatic heterocycles. The van der Waals surface area contributed by atoms with Crippen molar-refractivity contribution in [2.24, 2.45) is 0 Å². The van der Waals surface area contributed by atoms with Crippen LogP contribution in [0.4, 0.5) is 13.2 Å². The molecule has 1 aromatic carbocycles. The molecule has 1 atom stereocenters. The van der Waals surface area contributed by atoms with Crippen molar-refractivity contribution >= 4 is 28.6 Å². The van der Waals surface area contributed by atoms with Crippen LogP contribution in [0, 0.1) is 0 Å². The molecule has 0 N–H and O–H groups in total. The Morgan fingerprint density at radius 3 is 2.77 bits per heavy atom. The van der Waals surface area contributed by atoms with Crippen LogP contribution in [-0.4, -0.2) is 9.55 Å². The third-order valence-corrected chi connectivity index (χ3v) is 6.66. The zero-order valence-electron chi connectivity index (χ0n) is 15.7. The van der Waals surface area contributed by atoms with Gasteiger partial charge in [-0.2, -0.15) is 17.6 Å². The smallest absolute Gasteiger partial charge is 0.416 e. The summed E-state index contributed by atoms with van der Waals surface area (Å²) in [7, 11) is 0. The third kappa shape index (κ3) is 3.19. The van der Waals surface area contributed by atoms with Gasteiger partial charge in [-0.25, -0.2) is 14.3 Å². The molecular formula is C21H13ClF3N3O2S. The van der Waals surface area contributed by atoms with E-state index in [0.29, 0.717) is 23.0 Å². The lowest BCUT2D eigenvalue weighted by molar-refractivity contribution is -0.534. The molecule has 0 spiro atoms.